The third kappa shape index (κ3) is 5.97. The van der Waals surface area contributed by atoms with Gasteiger partial charge in [-0.1, -0.05) is 54.6 Å². The number of hydrogen-bond donors (Lipinski definition) is 3. The van der Waals surface area contributed by atoms with Gasteiger partial charge in [0.1, 0.15) is 17.5 Å². The zero-order chi connectivity index (χ0) is 31.8. The first-order valence-corrected chi connectivity index (χ1v) is 15.1. The van der Waals surface area contributed by atoms with Crippen LogP contribution in [0.15, 0.2) is 72.8 Å². The van der Waals surface area contributed by atoms with E-state index < -0.39 is 41.0 Å². The Morgan fingerprint density at radius 3 is 2.07 bits per heavy atom. The van der Waals surface area contributed by atoms with E-state index in [1.165, 1.54) is 6.92 Å². The topological polar surface area (TPSA) is 105 Å². The first kappa shape index (κ1) is 31.0. The molecule has 0 spiro atoms. The number of fused-ring (bicyclic) bond motifs is 1. The summed E-state index contributed by atoms with van der Waals surface area (Å²) in [6, 6.07) is 22.8. The molecule has 3 N–H and O–H groups in total. The van der Waals surface area contributed by atoms with Crippen molar-refractivity contribution in [2.24, 2.45) is 11.8 Å². The number of aliphatic hydroxyl groups is 1. The van der Waals surface area contributed by atoms with Crippen molar-refractivity contribution < 1.29 is 24.2 Å². The minimum Gasteiger partial charge on any atom is -0.494 e. The number of Topliss-reactive ketones (excluding diaryl/α,β-unsaturated/α-hetero) is 1. The maximum absolute atomic E-state index is 14.4. The number of anilines is 2. The van der Waals surface area contributed by atoms with E-state index in [0.717, 1.165) is 33.0 Å². The van der Waals surface area contributed by atoms with Crippen molar-refractivity contribution in [3.05, 3.63) is 101 Å². The van der Waals surface area contributed by atoms with Gasteiger partial charge in [0.2, 0.25) is 11.8 Å². The van der Waals surface area contributed by atoms with Gasteiger partial charge >= 0.3 is 0 Å². The lowest BCUT2D eigenvalue weighted by molar-refractivity contribution is -0.150. The minimum absolute atomic E-state index is 0.334. The van der Waals surface area contributed by atoms with Gasteiger partial charge in [-0.05, 0) is 92.8 Å². The Labute approximate surface area is 258 Å². The molecule has 0 radical (unpaired) electrons. The molecule has 0 saturated heterocycles. The van der Waals surface area contributed by atoms with Crippen molar-refractivity contribution in [2.75, 3.05) is 17.2 Å². The number of benzene rings is 4. The van der Waals surface area contributed by atoms with Gasteiger partial charge in [0, 0.05) is 29.3 Å². The van der Waals surface area contributed by atoms with Gasteiger partial charge in [0.15, 0.2) is 0 Å². The van der Waals surface area contributed by atoms with Crippen LogP contribution in [0.3, 0.4) is 0 Å². The summed E-state index contributed by atoms with van der Waals surface area (Å²) >= 11 is 0. The third-order valence-electron chi connectivity index (χ3n) is 8.70. The number of nitrogens with one attached hydrogen (secondary N) is 2. The van der Waals surface area contributed by atoms with Gasteiger partial charge in [-0.3, -0.25) is 14.4 Å². The van der Waals surface area contributed by atoms with E-state index in [1.807, 2.05) is 107 Å². The van der Waals surface area contributed by atoms with Crippen LogP contribution in [-0.2, 0) is 14.4 Å². The van der Waals surface area contributed by atoms with Gasteiger partial charge < -0.3 is 20.5 Å². The Kier molecular flexibility index (Phi) is 8.62. The van der Waals surface area contributed by atoms with Gasteiger partial charge in [0.05, 0.1) is 18.1 Å². The third-order valence-corrected chi connectivity index (χ3v) is 8.70. The number of rotatable bonds is 7. The Hall–Kier alpha value is -4.49. The minimum atomic E-state index is -1.75. The second-order valence-corrected chi connectivity index (χ2v) is 12.2. The molecule has 4 unspecified atom stereocenters. The molecule has 4 aromatic rings. The summed E-state index contributed by atoms with van der Waals surface area (Å²) in [5, 5.41) is 19.6. The maximum Gasteiger partial charge on any atom is 0.235 e. The summed E-state index contributed by atoms with van der Waals surface area (Å²) in [7, 11) is 0. The number of hydrogen-bond acceptors (Lipinski definition) is 5. The van der Waals surface area contributed by atoms with E-state index in [9.17, 15) is 19.5 Å². The molecule has 4 aromatic carbocycles. The number of ketones is 1. The highest BCUT2D eigenvalue weighted by Crippen LogP contribution is 2.51. The lowest BCUT2D eigenvalue weighted by atomic mass is 9.60. The first-order chi connectivity index (χ1) is 20.9. The quantitative estimate of drug-likeness (QED) is 0.205. The molecule has 7 heteroatoms. The fourth-order valence-electron chi connectivity index (χ4n) is 6.50. The fourth-order valence-corrected chi connectivity index (χ4v) is 6.50. The van der Waals surface area contributed by atoms with E-state index in [1.54, 1.807) is 0 Å². The molecule has 2 amide bonds. The number of amides is 2. The smallest absolute Gasteiger partial charge is 0.235 e. The van der Waals surface area contributed by atoms with Gasteiger partial charge in [-0.15, -0.1) is 0 Å². The van der Waals surface area contributed by atoms with Crippen LogP contribution in [-0.4, -0.2) is 34.9 Å². The summed E-state index contributed by atoms with van der Waals surface area (Å²) < 4.78 is 6.11. The van der Waals surface area contributed by atoms with Crippen LogP contribution >= 0.6 is 0 Å². The number of carbonyl (C=O) groups is 3. The summed E-state index contributed by atoms with van der Waals surface area (Å²) in [5.74, 6) is -4.43. The SMILES string of the molecule is CCOc1ccc2ccccc2c1C1C(C(=O)Nc2cc(C)ccc2C)C(=O)CC(C)(O)C1C(=O)Nc1cc(C)ccc1C. The Bertz CT molecular complexity index is 1760. The second-order valence-electron chi connectivity index (χ2n) is 12.2. The van der Waals surface area contributed by atoms with Crippen molar-refractivity contribution in [1.82, 2.24) is 0 Å². The van der Waals surface area contributed by atoms with Crippen LogP contribution in [0, 0.1) is 39.5 Å². The molecule has 0 bridgehead atoms. The van der Waals surface area contributed by atoms with Crippen LogP contribution in [0.1, 0.15) is 54.0 Å². The summed E-state index contributed by atoms with van der Waals surface area (Å²) in [4.78, 5) is 42.7. The molecule has 4 atom stereocenters. The van der Waals surface area contributed by atoms with E-state index in [4.69, 9.17) is 4.74 Å². The summed E-state index contributed by atoms with van der Waals surface area (Å²) in [5.41, 5.74) is 3.64. The zero-order valence-electron chi connectivity index (χ0n) is 26.2. The summed E-state index contributed by atoms with van der Waals surface area (Å²) in [6.07, 6.45) is -0.353. The van der Waals surface area contributed by atoms with Crippen molar-refractivity contribution in [3.63, 3.8) is 0 Å². The Balaban J connectivity index is 1.73. The molecule has 1 fully saturated rings. The molecule has 228 valence electrons. The molecule has 0 aliphatic heterocycles. The predicted molar refractivity (Wildman–Crippen MR) is 174 cm³/mol. The van der Waals surface area contributed by atoms with E-state index in [-0.39, 0.29) is 6.42 Å². The largest absolute Gasteiger partial charge is 0.494 e. The van der Waals surface area contributed by atoms with Gasteiger partial charge in [0.25, 0.3) is 0 Å². The highest BCUT2D eigenvalue weighted by atomic mass is 16.5. The highest BCUT2D eigenvalue weighted by Gasteiger charge is 2.57. The fraction of sp³-hybridized carbons (Fsp3) is 0.324. The van der Waals surface area contributed by atoms with Crippen molar-refractivity contribution >= 4 is 39.7 Å². The zero-order valence-corrected chi connectivity index (χ0v) is 26.2. The second kappa shape index (κ2) is 12.2. The van der Waals surface area contributed by atoms with Gasteiger partial charge in [-0.25, -0.2) is 0 Å². The summed E-state index contributed by atoms with van der Waals surface area (Å²) in [6.45, 7) is 11.4. The Morgan fingerprint density at radius 1 is 0.864 bits per heavy atom. The lowest BCUT2D eigenvalue weighted by Gasteiger charge is -2.45. The number of carbonyl (C=O) groups excluding carboxylic acids is 3. The van der Waals surface area contributed by atoms with Gasteiger partial charge in [-0.2, -0.15) is 0 Å². The first-order valence-electron chi connectivity index (χ1n) is 15.1. The molecule has 44 heavy (non-hydrogen) atoms. The van der Waals surface area contributed by atoms with Crippen LogP contribution in [0.5, 0.6) is 5.75 Å². The average Bonchev–Trinajstić information content (AvgIpc) is 2.96. The van der Waals surface area contributed by atoms with E-state index >= 15 is 0 Å². The van der Waals surface area contributed by atoms with E-state index in [2.05, 4.69) is 10.6 Å². The van der Waals surface area contributed by atoms with Crippen molar-refractivity contribution in [2.45, 2.75) is 59.5 Å². The highest BCUT2D eigenvalue weighted by molar-refractivity contribution is 6.11. The van der Waals surface area contributed by atoms with E-state index in [0.29, 0.717) is 29.3 Å². The maximum atomic E-state index is 14.4. The number of aryl methyl sites for hydroxylation is 4. The van der Waals surface area contributed by atoms with Crippen LogP contribution < -0.4 is 15.4 Å². The van der Waals surface area contributed by atoms with Crippen LogP contribution in [0.2, 0.25) is 0 Å². The molecule has 1 aliphatic carbocycles. The van der Waals surface area contributed by atoms with Crippen LogP contribution in [0.4, 0.5) is 11.4 Å². The molecule has 1 aliphatic rings. The van der Waals surface area contributed by atoms with Crippen molar-refractivity contribution in [3.8, 4) is 5.75 Å². The molecule has 0 aromatic heterocycles. The molecule has 5 rings (SSSR count). The molecular weight excluding hydrogens is 552 g/mol. The molecule has 0 heterocycles. The van der Waals surface area contributed by atoms with Crippen LogP contribution in [0.25, 0.3) is 10.8 Å². The normalized spacial score (nSPS) is 21.6. The standard InChI is InChI=1S/C37H40N2O5/c1-7-44-30-17-16-25-10-8-9-11-26(25)31(30)33-32(35(41)38-27-18-21(2)12-14-23(27)4)29(40)20-37(6,43)34(33)36(42)39-28-19-22(3)13-15-24(28)5/h8-19,32-34,43H,7,20H2,1-6H3,(H,38,41)(H,39,42). The molecule has 1 saturated carbocycles. The number of ether oxygens (including phenoxy) is 1. The van der Waals surface area contributed by atoms with Crippen molar-refractivity contribution in [1.29, 1.82) is 0 Å². The molecule has 7 nitrogen and oxygen atoms in total. The Morgan fingerprint density at radius 2 is 1.45 bits per heavy atom. The monoisotopic (exact) mass is 592 g/mol. The predicted octanol–water partition coefficient (Wildman–Crippen LogP) is 6.79. The average molecular weight is 593 g/mol. The lowest BCUT2D eigenvalue weighted by Crippen LogP contribution is -2.56. The molecular formula is C37H40N2O5.